The van der Waals surface area contributed by atoms with Gasteiger partial charge in [-0.05, 0) is 43.2 Å². The number of hydrogen-bond acceptors (Lipinski definition) is 10. The second-order valence-electron chi connectivity index (χ2n) is 9.69. The molecule has 1 aliphatic rings. The zero-order valence-corrected chi connectivity index (χ0v) is 24.4. The van der Waals surface area contributed by atoms with Gasteiger partial charge in [0.1, 0.15) is 10.5 Å². The summed E-state index contributed by atoms with van der Waals surface area (Å²) in [5.41, 5.74) is 1.10. The van der Waals surface area contributed by atoms with Crippen molar-refractivity contribution in [2.45, 2.75) is 39.2 Å². The van der Waals surface area contributed by atoms with E-state index in [4.69, 9.17) is 18.6 Å². The maximum atomic E-state index is 13.9. The number of rotatable bonds is 11. The Morgan fingerprint density at radius 1 is 1.10 bits per heavy atom. The van der Waals surface area contributed by atoms with Crippen LogP contribution in [-0.4, -0.2) is 48.6 Å². The van der Waals surface area contributed by atoms with Gasteiger partial charge in [-0.2, -0.15) is 0 Å². The minimum atomic E-state index is -1.11. The van der Waals surface area contributed by atoms with E-state index in [1.807, 2.05) is 6.07 Å². The molecule has 42 heavy (non-hydrogen) atoms. The molecular weight excluding hydrogens is 560 g/mol. The SMILES string of the molecule is CCCCCOc1ccc(C2C(C(=O)c3cc4ccccc4o3)=C(O)C(=O)N2c2nc(C)c(C(=O)OC)s2)cc1OC. The molecule has 0 fully saturated rings. The van der Waals surface area contributed by atoms with Gasteiger partial charge < -0.3 is 23.7 Å². The highest BCUT2D eigenvalue weighted by Crippen LogP contribution is 2.45. The molecule has 0 radical (unpaired) electrons. The number of esters is 1. The van der Waals surface area contributed by atoms with Crippen LogP contribution in [0.25, 0.3) is 11.0 Å². The first-order chi connectivity index (χ1) is 20.3. The summed E-state index contributed by atoms with van der Waals surface area (Å²) in [6, 6.07) is 12.6. The number of hydrogen-bond donors (Lipinski definition) is 1. The van der Waals surface area contributed by atoms with E-state index in [-0.39, 0.29) is 21.3 Å². The van der Waals surface area contributed by atoms with Crippen LogP contribution in [-0.2, 0) is 9.53 Å². The Hall–Kier alpha value is -4.64. The summed E-state index contributed by atoms with van der Waals surface area (Å²) in [7, 11) is 2.75. The summed E-state index contributed by atoms with van der Waals surface area (Å²) in [6.45, 7) is 4.22. The summed E-state index contributed by atoms with van der Waals surface area (Å²) in [5.74, 6) is -1.99. The van der Waals surface area contributed by atoms with Crippen molar-refractivity contribution in [1.82, 2.24) is 4.98 Å². The maximum Gasteiger partial charge on any atom is 0.350 e. The van der Waals surface area contributed by atoms with E-state index >= 15 is 0 Å². The van der Waals surface area contributed by atoms with Gasteiger partial charge in [0, 0.05) is 5.39 Å². The third-order valence-corrected chi connectivity index (χ3v) is 8.11. The molecule has 10 nitrogen and oxygen atoms in total. The van der Waals surface area contributed by atoms with E-state index in [1.165, 1.54) is 19.1 Å². The highest BCUT2D eigenvalue weighted by Gasteiger charge is 2.47. The Labute approximate surface area is 246 Å². The molecule has 1 atom stereocenters. The number of ether oxygens (including phenoxy) is 3. The number of Topliss-reactive ketones (excluding diaryl/α,β-unsaturated/α-hetero) is 1. The first-order valence-corrected chi connectivity index (χ1v) is 14.3. The topological polar surface area (TPSA) is 128 Å². The van der Waals surface area contributed by atoms with Crippen LogP contribution in [0.1, 0.15) is 63.7 Å². The number of fused-ring (bicyclic) bond motifs is 1. The van der Waals surface area contributed by atoms with Crippen molar-refractivity contribution in [2.24, 2.45) is 0 Å². The first kappa shape index (κ1) is 28.9. The zero-order chi connectivity index (χ0) is 30.0. The molecule has 0 spiro atoms. The minimum absolute atomic E-state index is 0.0363. The molecule has 1 amide bonds. The monoisotopic (exact) mass is 590 g/mol. The molecule has 0 bridgehead atoms. The highest BCUT2D eigenvalue weighted by molar-refractivity contribution is 7.17. The minimum Gasteiger partial charge on any atom is -0.503 e. The number of unbranched alkanes of at least 4 members (excludes halogenated alkanes) is 2. The van der Waals surface area contributed by atoms with Gasteiger partial charge in [0.25, 0.3) is 5.91 Å². The van der Waals surface area contributed by atoms with E-state index in [2.05, 4.69) is 11.9 Å². The molecule has 3 heterocycles. The Bertz CT molecular complexity index is 1670. The molecule has 1 aliphatic heterocycles. The molecule has 11 heteroatoms. The predicted molar refractivity (Wildman–Crippen MR) is 157 cm³/mol. The van der Waals surface area contributed by atoms with Crippen molar-refractivity contribution in [1.29, 1.82) is 0 Å². The number of aromatic nitrogens is 1. The molecule has 1 unspecified atom stereocenters. The van der Waals surface area contributed by atoms with Crippen LogP contribution in [0.5, 0.6) is 11.5 Å². The van der Waals surface area contributed by atoms with Crippen LogP contribution >= 0.6 is 11.3 Å². The third kappa shape index (κ3) is 5.23. The standard InChI is InChI=1S/C31H30N2O8S/c1-5-6-9-14-40-21-13-12-19(16-22(21)38-3)25-24(26(34)23-15-18-10-7-8-11-20(18)41-23)27(35)29(36)33(25)31-32-17(2)28(42-31)30(37)39-4/h7-8,10-13,15-16,25,35H,5-6,9,14H2,1-4H3. The lowest BCUT2D eigenvalue weighted by Crippen LogP contribution is -2.31. The summed E-state index contributed by atoms with van der Waals surface area (Å²) in [4.78, 5) is 45.7. The van der Waals surface area contributed by atoms with E-state index in [0.717, 1.165) is 30.6 Å². The second-order valence-corrected chi connectivity index (χ2v) is 10.7. The number of carbonyl (C=O) groups excluding carboxylic acids is 3. The average Bonchev–Trinajstić information content (AvgIpc) is 3.68. The number of furan rings is 1. The zero-order valence-electron chi connectivity index (χ0n) is 23.6. The molecule has 218 valence electrons. The number of anilines is 1. The number of aliphatic hydroxyl groups is 1. The lowest BCUT2D eigenvalue weighted by Gasteiger charge is -2.25. The molecule has 2 aromatic heterocycles. The Kier molecular flexibility index (Phi) is 8.30. The van der Waals surface area contributed by atoms with Gasteiger partial charge in [-0.25, -0.2) is 9.78 Å². The number of aliphatic hydroxyl groups excluding tert-OH is 1. The second kappa shape index (κ2) is 12.1. The number of benzene rings is 2. The first-order valence-electron chi connectivity index (χ1n) is 13.4. The quantitative estimate of drug-likeness (QED) is 0.121. The summed E-state index contributed by atoms with van der Waals surface area (Å²) < 4.78 is 22.2. The van der Waals surface area contributed by atoms with E-state index in [0.29, 0.717) is 40.3 Å². The fourth-order valence-electron chi connectivity index (χ4n) is 4.85. The molecule has 0 aliphatic carbocycles. The smallest absolute Gasteiger partial charge is 0.350 e. The van der Waals surface area contributed by atoms with Crippen molar-refractivity contribution < 1.29 is 38.1 Å². The Morgan fingerprint density at radius 2 is 1.88 bits per heavy atom. The Morgan fingerprint density at radius 3 is 2.60 bits per heavy atom. The van der Waals surface area contributed by atoms with Gasteiger partial charge >= 0.3 is 5.97 Å². The summed E-state index contributed by atoms with van der Waals surface area (Å²) in [6.07, 6.45) is 2.96. The Balaban J connectivity index is 1.61. The number of aryl methyl sites for hydroxylation is 1. The van der Waals surface area contributed by atoms with Crippen molar-refractivity contribution in [3.05, 3.63) is 81.8 Å². The van der Waals surface area contributed by atoms with Crippen LogP contribution in [0.4, 0.5) is 5.13 Å². The fraction of sp³-hybridized carbons (Fsp3) is 0.290. The van der Waals surface area contributed by atoms with Gasteiger partial charge in [0.15, 0.2) is 28.1 Å². The molecule has 0 saturated carbocycles. The average molecular weight is 591 g/mol. The third-order valence-electron chi connectivity index (χ3n) is 6.97. The van der Waals surface area contributed by atoms with E-state index in [1.54, 1.807) is 49.4 Å². The van der Waals surface area contributed by atoms with Crippen molar-refractivity contribution in [2.75, 3.05) is 25.7 Å². The van der Waals surface area contributed by atoms with Gasteiger partial charge in [-0.1, -0.05) is 55.4 Å². The van der Waals surface area contributed by atoms with Crippen molar-refractivity contribution in [3.8, 4) is 11.5 Å². The van der Waals surface area contributed by atoms with E-state index < -0.39 is 29.5 Å². The van der Waals surface area contributed by atoms with Gasteiger partial charge in [0.2, 0.25) is 5.78 Å². The van der Waals surface area contributed by atoms with Crippen LogP contribution in [0, 0.1) is 6.92 Å². The summed E-state index contributed by atoms with van der Waals surface area (Å²) in [5, 5.41) is 12.0. The van der Waals surface area contributed by atoms with Crippen molar-refractivity contribution >= 4 is 45.1 Å². The highest BCUT2D eigenvalue weighted by atomic mass is 32.1. The molecule has 0 saturated heterocycles. The molecular formula is C31H30N2O8S. The number of methoxy groups -OCH3 is 2. The number of thiazole rings is 1. The normalized spacial score (nSPS) is 15.0. The van der Waals surface area contributed by atoms with Gasteiger partial charge in [-0.15, -0.1) is 0 Å². The predicted octanol–water partition coefficient (Wildman–Crippen LogP) is 6.34. The molecule has 1 N–H and O–H groups in total. The lowest BCUT2D eigenvalue weighted by molar-refractivity contribution is -0.117. The summed E-state index contributed by atoms with van der Waals surface area (Å²) >= 11 is 0.927. The number of para-hydroxylation sites is 1. The van der Waals surface area contributed by atoms with Crippen LogP contribution in [0.3, 0.4) is 0 Å². The van der Waals surface area contributed by atoms with E-state index in [9.17, 15) is 19.5 Å². The van der Waals surface area contributed by atoms with Crippen LogP contribution < -0.4 is 14.4 Å². The molecule has 5 rings (SSSR count). The van der Waals surface area contributed by atoms with Crippen molar-refractivity contribution in [3.63, 3.8) is 0 Å². The largest absolute Gasteiger partial charge is 0.503 e. The number of amides is 1. The lowest BCUT2D eigenvalue weighted by atomic mass is 9.95. The number of ketones is 1. The van der Waals surface area contributed by atoms with Crippen LogP contribution in [0.2, 0.25) is 0 Å². The number of nitrogens with zero attached hydrogens (tertiary/aromatic N) is 2. The molecule has 2 aromatic carbocycles. The fourth-order valence-corrected chi connectivity index (χ4v) is 5.86. The number of carbonyl (C=O) groups is 3. The van der Waals surface area contributed by atoms with Gasteiger partial charge in [0.05, 0.1) is 38.1 Å². The molecule has 4 aromatic rings. The van der Waals surface area contributed by atoms with Crippen LogP contribution in [0.15, 0.2) is 64.3 Å². The maximum absolute atomic E-state index is 13.9. The van der Waals surface area contributed by atoms with Gasteiger partial charge in [-0.3, -0.25) is 14.5 Å².